The highest BCUT2D eigenvalue weighted by molar-refractivity contribution is 5.81. The van der Waals surface area contributed by atoms with E-state index in [1.807, 2.05) is 0 Å². The molecule has 0 aliphatic carbocycles. The molecule has 0 aromatic rings. The highest BCUT2D eigenvalue weighted by Crippen LogP contribution is 2.38. The first-order chi connectivity index (χ1) is 7.10. The van der Waals surface area contributed by atoms with Crippen molar-refractivity contribution in [2.45, 2.75) is 24.6 Å². The van der Waals surface area contributed by atoms with Crippen LogP contribution in [-0.4, -0.2) is 35.9 Å². The molecule has 0 saturated carbocycles. The lowest BCUT2D eigenvalue weighted by Gasteiger charge is -2.21. The number of hydrogen-bond acceptors (Lipinski definition) is 3. The largest absolute Gasteiger partial charge is 0.460 e. The predicted molar refractivity (Wildman–Crippen MR) is 42.8 cm³/mol. The van der Waals surface area contributed by atoms with Gasteiger partial charge < -0.3 is 9.84 Å². The molecule has 0 aliphatic heterocycles. The molecule has 0 saturated heterocycles. The summed E-state index contributed by atoms with van der Waals surface area (Å²) in [5.74, 6) is -6.04. The van der Waals surface area contributed by atoms with E-state index in [0.717, 1.165) is 0 Å². The van der Waals surface area contributed by atoms with Gasteiger partial charge in [-0.25, -0.2) is 4.79 Å². The lowest BCUT2D eigenvalue weighted by molar-refractivity contribution is -0.291. The molecule has 94 valence electrons. The fourth-order valence-electron chi connectivity index (χ4n) is 0.708. The number of alkyl halides is 5. The Labute approximate surface area is 87.5 Å². The van der Waals surface area contributed by atoms with Crippen LogP contribution in [0.15, 0.2) is 12.7 Å². The van der Waals surface area contributed by atoms with E-state index in [-0.39, 0.29) is 0 Å². The molecule has 0 bridgehead atoms. The van der Waals surface area contributed by atoms with Crippen molar-refractivity contribution in [2.75, 3.05) is 6.61 Å². The molecular formula is C8H9F5O3. The number of halogens is 5. The third kappa shape index (κ3) is 4.56. The summed E-state index contributed by atoms with van der Waals surface area (Å²) in [6.07, 6.45) is -9.01. The minimum Gasteiger partial charge on any atom is -0.460 e. The standard InChI is InChI=1S/C8H9F5O3/c1-2-6(15)16-4-5(14)3-7(9,10)8(11,12)13/h2,5,14H,1,3-4H2. The Hall–Kier alpha value is -1.18. The first-order valence-corrected chi connectivity index (χ1v) is 4.02. The Kier molecular flexibility index (Phi) is 4.85. The zero-order valence-electron chi connectivity index (χ0n) is 7.93. The maximum Gasteiger partial charge on any atom is 0.453 e. The molecule has 0 radical (unpaired) electrons. The molecular weight excluding hydrogens is 239 g/mol. The third-order valence-corrected chi connectivity index (χ3v) is 1.49. The summed E-state index contributed by atoms with van der Waals surface area (Å²) in [4.78, 5) is 10.4. The Bertz CT molecular complexity index is 261. The van der Waals surface area contributed by atoms with Crippen LogP contribution < -0.4 is 0 Å². The van der Waals surface area contributed by atoms with Crippen LogP contribution in [0.5, 0.6) is 0 Å². The van der Waals surface area contributed by atoms with E-state index in [4.69, 9.17) is 5.11 Å². The van der Waals surface area contributed by atoms with Crippen LogP contribution >= 0.6 is 0 Å². The van der Waals surface area contributed by atoms with E-state index in [9.17, 15) is 26.7 Å². The number of hydrogen-bond donors (Lipinski definition) is 1. The van der Waals surface area contributed by atoms with Crippen LogP contribution in [0, 0.1) is 0 Å². The van der Waals surface area contributed by atoms with Gasteiger partial charge >= 0.3 is 18.1 Å². The zero-order chi connectivity index (χ0) is 13.0. The minimum atomic E-state index is -5.74. The normalized spacial score (nSPS) is 14.4. The van der Waals surface area contributed by atoms with E-state index in [1.54, 1.807) is 0 Å². The number of carbonyl (C=O) groups is 1. The van der Waals surface area contributed by atoms with E-state index in [2.05, 4.69) is 11.3 Å². The molecule has 16 heavy (non-hydrogen) atoms. The average Bonchev–Trinajstić information content (AvgIpc) is 2.11. The summed E-state index contributed by atoms with van der Waals surface area (Å²) in [6.45, 7) is 2.02. The van der Waals surface area contributed by atoms with Crippen molar-refractivity contribution in [1.82, 2.24) is 0 Å². The second-order valence-electron chi connectivity index (χ2n) is 2.89. The molecule has 0 amide bonds. The molecule has 0 spiro atoms. The number of aliphatic hydroxyl groups excluding tert-OH is 1. The molecule has 0 aliphatic rings. The minimum absolute atomic E-state index is 0.689. The fourth-order valence-corrected chi connectivity index (χ4v) is 0.708. The SMILES string of the molecule is C=CC(=O)OCC(O)CC(F)(F)C(F)(F)F. The van der Waals surface area contributed by atoms with Crippen molar-refractivity contribution in [1.29, 1.82) is 0 Å². The van der Waals surface area contributed by atoms with Crippen molar-refractivity contribution in [3.8, 4) is 0 Å². The molecule has 1 N–H and O–H groups in total. The first kappa shape index (κ1) is 14.8. The summed E-state index contributed by atoms with van der Waals surface area (Å²) < 4.78 is 63.8. The van der Waals surface area contributed by atoms with Crippen molar-refractivity contribution in [2.24, 2.45) is 0 Å². The van der Waals surface area contributed by atoms with E-state index in [1.165, 1.54) is 0 Å². The quantitative estimate of drug-likeness (QED) is 0.457. The molecule has 0 aromatic heterocycles. The molecule has 1 unspecified atom stereocenters. The van der Waals surface area contributed by atoms with Gasteiger partial charge in [-0.05, 0) is 0 Å². The highest BCUT2D eigenvalue weighted by Gasteiger charge is 2.57. The maximum atomic E-state index is 12.3. The topological polar surface area (TPSA) is 46.5 Å². The van der Waals surface area contributed by atoms with Crippen molar-refractivity contribution < 1.29 is 36.6 Å². The van der Waals surface area contributed by atoms with Crippen molar-refractivity contribution >= 4 is 5.97 Å². The number of ether oxygens (including phenoxy) is 1. The third-order valence-electron chi connectivity index (χ3n) is 1.49. The summed E-state index contributed by atoms with van der Waals surface area (Å²) in [7, 11) is 0. The van der Waals surface area contributed by atoms with Gasteiger partial charge in [0.15, 0.2) is 0 Å². The van der Waals surface area contributed by atoms with Gasteiger partial charge in [-0.2, -0.15) is 22.0 Å². The molecule has 8 heteroatoms. The van der Waals surface area contributed by atoms with Crippen LogP contribution in [0.4, 0.5) is 22.0 Å². The lowest BCUT2D eigenvalue weighted by atomic mass is 10.1. The monoisotopic (exact) mass is 248 g/mol. The molecule has 1 atom stereocenters. The van der Waals surface area contributed by atoms with Gasteiger partial charge in [0.1, 0.15) is 6.61 Å². The Morgan fingerprint density at radius 2 is 1.88 bits per heavy atom. The van der Waals surface area contributed by atoms with Crippen molar-refractivity contribution in [3.63, 3.8) is 0 Å². The molecule has 0 fully saturated rings. The Morgan fingerprint density at radius 1 is 1.38 bits per heavy atom. The number of esters is 1. The van der Waals surface area contributed by atoms with Gasteiger partial charge in [0, 0.05) is 6.08 Å². The first-order valence-electron chi connectivity index (χ1n) is 4.02. The van der Waals surface area contributed by atoms with Gasteiger partial charge in [0.05, 0.1) is 12.5 Å². The van der Waals surface area contributed by atoms with Crippen LogP contribution in [0.25, 0.3) is 0 Å². The Balaban J connectivity index is 4.19. The maximum absolute atomic E-state index is 12.3. The van der Waals surface area contributed by atoms with Crippen molar-refractivity contribution in [3.05, 3.63) is 12.7 Å². The van der Waals surface area contributed by atoms with Crippen LogP contribution in [0.2, 0.25) is 0 Å². The predicted octanol–water partition coefficient (Wildman–Crippen LogP) is 1.66. The fraction of sp³-hybridized carbons (Fsp3) is 0.625. The Morgan fingerprint density at radius 3 is 2.25 bits per heavy atom. The van der Waals surface area contributed by atoms with Gasteiger partial charge in [0.25, 0.3) is 0 Å². The summed E-state index contributed by atoms with van der Waals surface area (Å²) >= 11 is 0. The summed E-state index contributed by atoms with van der Waals surface area (Å²) in [6, 6.07) is 0. The van der Waals surface area contributed by atoms with Crippen LogP contribution in [0.1, 0.15) is 6.42 Å². The van der Waals surface area contributed by atoms with Crippen LogP contribution in [-0.2, 0) is 9.53 Å². The van der Waals surface area contributed by atoms with Gasteiger partial charge in [-0.1, -0.05) is 6.58 Å². The zero-order valence-corrected chi connectivity index (χ0v) is 7.93. The number of aliphatic hydroxyl groups is 1. The summed E-state index contributed by atoms with van der Waals surface area (Å²) in [5.41, 5.74) is 0. The van der Waals surface area contributed by atoms with Gasteiger partial charge in [0.2, 0.25) is 0 Å². The second-order valence-corrected chi connectivity index (χ2v) is 2.89. The average molecular weight is 248 g/mol. The number of carbonyl (C=O) groups excluding carboxylic acids is 1. The van der Waals surface area contributed by atoms with Gasteiger partial charge in [-0.15, -0.1) is 0 Å². The molecule has 0 aromatic carbocycles. The molecule has 0 rings (SSSR count). The molecule has 3 nitrogen and oxygen atoms in total. The summed E-state index contributed by atoms with van der Waals surface area (Å²) in [5, 5.41) is 8.80. The highest BCUT2D eigenvalue weighted by atomic mass is 19.4. The van der Waals surface area contributed by atoms with Gasteiger partial charge in [-0.3, -0.25) is 0 Å². The van der Waals surface area contributed by atoms with Crippen LogP contribution in [0.3, 0.4) is 0 Å². The lowest BCUT2D eigenvalue weighted by Crippen LogP contribution is -2.40. The molecule has 0 heterocycles. The van der Waals surface area contributed by atoms with E-state index < -0.39 is 37.2 Å². The smallest absolute Gasteiger partial charge is 0.453 e. The second kappa shape index (κ2) is 5.24. The van der Waals surface area contributed by atoms with E-state index >= 15 is 0 Å². The number of rotatable bonds is 5. The van der Waals surface area contributed by atoms with E-state index in [0.29, 0.717) is 6.08 Å².